The van der Waals surface area contributed by atoms with E-state index < -0.39 is 0 Å². The second-order valence-corrected chi connectivity index (χ2v) is 6.41. The minimum Gasteiger partial charge on any atom is -0.362 e. The number of ether oxygens (including phenoxy) is 1. The van der Waals surface area contributed by atoms with Crippen molar-refractivity contribution in [3.8, 4) is 0 Å². The molecule has 2 atom stereocenters. The summed E-state index contributed by atoms with van der Waals surface area (Å²) in [6.45, 7) is 13.5. The molecule has 0 aromatic heterocycles. The molecule has 1 N–H and O–H groups in total. The zero-order chi connectivity index (χ0) is 11.8. The van der Waals surface area contributed by atoms with Crippen LogP contribution in [0.4, 0.5) is 0 Å². The highest BCUT2D eigenvalue weighted by Crippen LogP contribution is 2.27. The molecule has 0 aromatic rings. The van der Waals surface area contributed by atoms with Crippen LogP contribution in [0, 0.1) is 11.3 Å². The second-order valence-electron chi connectivity index (χ2n) is 6.41. The Kier molecular flexibility index (Phi) is 5.26. The van der Waals surface area contributed by atoms with Crippen molar-refractivity contribution in [1.82, 2.24) is 10.2 Å². The number of hydrogen-bond donors (Lipinski definition) is 1. The molecule has 2 aliphatic rings. The Hall–Kier alpha value is 0.170. The fraction of sp³-hybridized carbons (Fsp3) is 1.00. The highest BCUT2D eigenvalue weighted by atomic mass is 35.5. The molecule has 0 aromatic carbocycles. The molecule has 2 rings (SSSR count). The molecular weight excluding hydrogens is 236 g/mol. The Morgan fingerprint density at radius 2 is 2.06 bits per heavy atom. The summed E-state index contributed by atoms with van der Waals surface area (Å²) in [5.41, 5.74) is 0.298. The van der Waals surface area contributed by atoms with E-state index in [0.29, 0.717) is 17.4 Å². The fourth-order valence-corrected chi connectivity index (χ4v) is 2.64. The first-order valence-electron chi connectivity index (χ1n) is 6.57. The number of hydrogen-bond acceptors (Lipinski definition) is 3. The lowest BCUT2D eigenvalue weighted by Gasteiger charge is -2.38. The topological polar surface area (TPSA) is 24.5 Å². The van der Waals surface area contributed by atoms with Crippen molar-refractivity contribution in [2.45, 2.75) is 46.4 Å². The minimum absolute atomic E-state index is 0. The van der Waals surface area contributed by atoms with Gasteiger partial charge in [0.05, 0.1) is 6.61 Å². The van der Waals surface area contributed by atoms with Gasteiger partial charge >= 0.3 is 0 Å². The third-order valence-electron chi connectivity index (χ3n) is 3.85. The van der Waals surface area contributed by atoms with Gasteiger partial charge in [0.1, 0.15) is 6.23 Å². The zero-order valence-electron chi connectivity index (χ0n) is 11.5. The monoisotopic (exact) mass is 262 g/mol. The van der Waals surface area contributed by atoms with Gasteiger partial charge in [-0.25, -0.2) is 0 Å². The van der Waals surface area contributed by atoms with E-state index >= 15 is 0 Å². The van der Waals surface area contributed by atoms with Gasteiger partial charge in [-0.2, -0.15) is 0 Å². The molecule has 102 valence electrons. The molecule has 0 bridgehead atoms. The van der Waals surface area contributed by atoms with Crippen LogP contribution in [0.25, 0.3) is 0 Å². The summed E-state index contributed by atoms with van der Waals surface area (Å²) in [5.74, 6) is 0.679. The molecule has 4 heteroatoms. The number of rotatable bonds is 2. The lowest BCUT2D eigenvalue weighted by Crippen LogP contribution is -2.51. The summed E-state index contributed by atoms with van der Waals surface area (Å²) >= 11 is 0. The number of nitrogens with zero attached hydrogens (tertiary/aromatic N) is 1. The van der Waals surface area contributed by atoms with E-state index in [1.807, 2.05) is 0 Å². The van der Waals surface area contributed by atoms with Crippen LogP contribution >= 0.6 is 12.4 Å². The summed E-state index contributed by atoms with van der Waals surface area (Å²) in [6, 6.07) is 0.671. The number of halogens is 1. The van der Waals surface area contributed by atoms with Crippen molar-refractivity contribution < 1.29 is 4.74 Å². The summed E-state index contributed by atoms with van der Waals surface area (Å²) in [6.07, 6.45) is 1.56. The van der Waals surface area contributed by atoms with E-state index in [9.17, 15) is 0 Å². The number of nitrogens with one attached hydrogen (secondary N) is 1. The van der Waals surface area contributed by atoms with Gasteiger partial charge in [0.2, 0.25) is 0 Å². The number of likely N-dealkylation sites (tertiary alicyclic amines) is 1. The Morgan fingerprint density at radius 1 is 1.35 bits per heavy atom. The fourth-order valence-electron chi connectivity index (χ4n) is 2.64. The zero-order valence-corrected chi connectivity index (χ0v) is 12.3. The van der Waals surface area contributed by atoms with Crippen LogP contribution in [0.3, 0.4) is 0 Å². The van der Waals surface area contributed by atoms with Crippen molar-refractivity contribution in [2.24, 2.45) is 11.3 Å². The van der Waals surface area contributed by atoms with Gasteiger partial charge in [0.15, 0.2) is 0 Å². The lowest BCUT2D eigenvalue weighted by molar-refractivity contribution is -0.0829. The lowest BCUT2D eigenvalue weighted by atomic mass is 9.92. The Bertz CT molecular complexity index is 236. The molecule has 0 amide bonds. The van der Waals surface area contributed by atoms with Crippen LogP contribution in [0.15, 0.2) is 0 Å². The average molecular weight is 263 g/mol. The molecular formula is C13H27ClN2O. The molecule has 2 saturated heterocycles. The van der Waals surface area contributed by atoms with Crippen LogP contribution < -0.4 is 5.32 Å². The summed E-state index contributed by atoms with van der Waals surface area (Å²) in [7, 11) is 0. The normalized spacial score (nSPS) is 33.7. The van der Waals surface area contributed by atoms with Crippen LogP contribution in [0.1, 0.15) is 34.1 Å². The SMILES string of the molecule is CC(C)N1CCC(C2NCC(C)(C)CO2)C1.Cl. The van der Waals surface area contributed by atoms with Crippen LogP contribution in [-0.4, -0.2) is 43.4 Å². The standard InChI is InChI=1S/C13H26N2O.ClH/c1-10(2)15-6-5-11(7-15)12-14-8-13(3,4)9-16-12;/h10-12,14H,5-9H2,1-4H3;1H. The molecule has 2 heterocycles. The van der Waals surface area contributed by atoms with Gasteiger partial charge in [0, 0.05) is 30.5 Å². The third-order valence-corrected chi connectivity index (χ3v) is 3.85. The van der Waals surface area contributed by atoms with Gasteiger partial charge in [-0.3, -0.25) is 5.32 Å². The van der Waals surface area contributed by atoms with E-state index in [-0.39, 0.29) is 18.6 Å². The quantitative estimate of drug-likeness (QED) is 0.825. The smallest absolute Gasteiger partial charge is 0.112 e. The van der Waals surface area contributed by atoms with Crippen molar-refractivity contribution in [3.63, 3.8) is 0 Å². The van der Waals surface area contributed by atoms with Gasteiger partial charge in [-0.1, -0.05) is 13.8 Å². The average Bonchev–Trinajstić information content (AvgIpc) is 2.66. The Morgan fingerprint density at radius 3 is 2.53 bits per heavy atom. The molecule has 3 nitrogen and oxygen atoms in total. The van der Waals surface area contributed by atoms with E-state index in [0.717, 1.165) is 13.2 Å². The largest absolute Gasteiger partial charge is 0.362 e. The second kappa shape index (κ2) is 5.87. The van der Waals surface area contributed by atoms with Gasteiger partial charge in [-0.15, -0.1) is 12.4 Å². The van der Waals surface area contributed by atoms with Crippen LogP contribution in [0.2, 0.25) is 0 Å². The first-order chi connectivity index (χ1) is 7.48. The maximum absolute atomic E-state index is 5.97. The molecule has 0 spiro atoms. The van der Waals surface area contributed by atoms with E-state index in [1.165, 1.54) is 19.5 Å². The Labute approximate surface area is 112 Å². The first kappa shape index (κ1) is 15.2. The van der Waals surface area contributed by atoms with E-state index in [2.05, 4.69) is 37.9 Å². The predicted molar refractivity (Wildman–Crippen MR) is 73.6 cm³/mol. The highest BCUT2D eigenvalue weighted by Gasteiger charge is 2.35. The minimum atomic E-state index is 0. The summed E-state index contributed by atoms with van der Waals surface area (Å²) < 4.78 is 5.97. The summed E-state index contributed by atoms with van der Waals surface area (Å²) in [4.78, 5) is 2.55. The maximum Gasteiger partial charge on any atom is 0.112 e. The van der Waals surface area contributed by atoms with Crippen LogP contribution in [0.5, 0.6) is 0 Å². The molecule has 2 fully saturated rings. The predicted octanol–water partition coefficient (Wildman–Crippen LogP) is 2.11. The molecule has 0 aliphatic carbocycles. The van der Waals surface area contributed by atoms with E-state index in [4.69, 9.17) is 4.74 Å². The maximum atomic E-state index is 5.97. The van der Waals surface area contributed by atoms with Crippen LogP contribution in [-0.2, 0) is 4.74 Å². The van der Waals surface area contributed by atoms with Crippen molar-refractivity contribution in [2.75, 3.05) is 26.2 Å². The van der Waals surface area contributed by atoms with Gasteiger partial charge < -0.3 is 9.64 Å². The molecule has 0 radical (unpaired) electrons. The summed E-state index contributed by atoms with van der Waals surface area (Å²) in [5, 5.41) is 3.56. The molecule has 17 heavy (non-hydrogen) atoms. The van der Waals surface area contributed by atoms with Crippen molar-refractivity contribution >= 4 is 12.4 Å². The molecule has 2 aliphatic heterocycles. The van der Waals surface area contributed by atoms with E-state index in [1.54, 1.807) is 0 Å². The van der Waals surface area contributed by atoms with Gasteiger partial charge in [-0.05, 0) is 26.8 Å². The highest BCUT2D eigenvalue weighted by molar-refractivity contribution is 5.85. The molecule has 2 unspecified atom stereocenters. The van der Waals surface area contributed by atoms with Crippen molar-refractivity contribution in [1.29, 1.82) is 0 Å². The third kappa shape index (κ3) is 3.82. The molecule has 0 saturated carbocycles. The Balaban J connectivity index is 0.00000144. The van der Waals surface area contributed by atoms with Gasteiger partial charge in [0.25, 0.3) is 0 Å². The first-order valence-corrected chi connectivity index (χ1v) is 6.57. The van der Waals surface area contributed by atoms with Crippen molar-refractivity contribution in [3.05, 3.63) is 0 Å².